The van der Waals surface area contributed by atoms with Crippen LogP contribution in [-0.2, 0) is 6.42 Å². The number of halogens is 1. The summed E-state index contributed by atoms with van der Waals surface area (Å²) in [7, 11) is 0. The average molecular weight is 361 g/mol. The zero-order valence-corrected chi connectivity index (χ0v) is 14.0. The molecule has 0 amide bonds. The van der Waals surface area contributed by atoms with E-state index in [2.05, 4.69) is 55.6 Å². The molecule has 18 heavy (non-hydrogen) atoms. The Morgan fingerprint density at radius 1 is 1.11 bits per heavy atom. The minimum atomic E-state index is 0.481. The first-order chi connectivity index (χ1) is 8.67. The van der Waals surface area contributed by atoms with Gasteiger partial charge >= 0.3 is 0 Å². The van der Waals surface area contributed by atoms with Gasteiger partial charge in [-0.05, 0) is 48.8 Å². The molecule has 0 unspecified atom stereocenters. The predicted octanol–water partition coefficient (Wildman–Crippen LogP) is 4.37. The molecule has 0 aliphatic rings. The van der Waals surface area contributed by atoms with Gasteiger partial charge in [0.2, 0.25) is 0 Å². The summed E-state index contributed by atoms with van der Waals surface area (Å²) in [6, 6.07) is 0. The van der Waals surface area contributed by atoms with Crippen LogP contribution < -0.4 is 5.32 Å². The summed E-state index contributed by atoms with van der Waals surface area (Å²) in [5.74, 6) is 2.51. The first-order valence-electron chi connectivity index (χ1n) is 6.97. The lowest BCUT2D eigenvalue weighted by atomic mass is 10.0. The molecule has 0 bridgehead atoms. The zero-order valence-electron chi connectivity index (χ0n) is 11.9. The maximum absolute atomic E-state index is 4.79. The third kappa shape index (κ3) is 3.80. The van der Waals surface area contributed by atoms with E-state index in [-0.39, 0.29) is 0 Å². The maximum atomic E-state index is 4.79. The van der Waals surface area contributed by atoms with Gasteiger partial charge in [0.1, 0.15) is 11.6 Å². The molecule has 3 nitrogen and oxygen atoms in total. The van der Waals surface area contributed by atoms with Crippen LogP contribution in [0.2, 0.25) is 0 Å². The molecule has 0 saturated carbocycles. The average Bonchev–Trinajstić information content (AvgIpc) is 2.36. The van der Waals surface area contributed by atoms with Gasteiger partial charge in [-0.2, -0.15) is 0 Å². The second kappa shape index (κ2) is 7.92. The molecule has 4 heteroatoms. The highest BCUT2D eigenvalue weighted by Gasteiger charge is 2.16. The van der Waals surface area contributed by atoms with Gasteiger partial charge < -0.3 is 5.32 Å². The van der Waals surface area contributed by atoms with Crippen LogP contribution in [0.5, 0.6) is 0 Å². The highest BCUT2D eigenvalue weighted by Crippen LogP contribution is 2.26. The molecule has 1 aromatic rings. The molecular weight excluding hydrogens is 337 g/mol. The van der Waals surface area contributed by atoms with E-state index in [0.29, 0.717) is 5.92 Å². The predicted molar refractivity (Wildman–Crippen MR) is 86.2 cm³/mol. The van der Waals surface area contributed by atoms with E-state index in [4.69, 9.17) is 9.97 Å². The minimum Gasteiger partial charge on any atom is -0.369 e. The van der Waals surface area contributed by atoms with E-state index >= 15 is 0 Å². The van der Waals surface area contributed by atoms with E-state index in [9.17, 15) is 0 Å². The van der Waals surface area contributed by atoms with Gasteiger partial charge in [0.05, 0.1) is 9.26 Å². The van der Waals surface area contributed by atoms with Crippen molar-refractivity contribution in [3.63, 3.8) is 0 Å². The largest absolute Gasteiger partial charge is 0.369 e. The van der Waals surface area contributed by atoms with Gasteiger partial charge in [0.25, 0.3) is 0 Å². The standard InChI is InChI=1S/C14H24IN3/c1-5-9-11-12(15)14(16-8-4)18-13(17-11)10(6-2)7-3/h10H,5-9H2,1-4H3,(H,16,17,18). The summed E-state index contributed by atoms with van der Waals surface area (Å²) < 4.78 is 1.19. The van der Waals surface area contributed by atoms with E-state index in [1.807, 2.05) is 0 Å². The summed E-state index contributed by atoms with van der Waals surface area (Å²) in [4.78, 5) is 9.51. The lowest BCUT2D eigenvalue weighted by Crippen LogP contribution is -2.12. The molecule has 0 aromatic carbocycles. The van der Waals surface area contributed by atoms with Crippen molar-refractivity contribution >= 4 is 28.4 Å². The number of nitrogens with zero attached hydrogens (tertiary/aromatic N) is 2. The summed E-state index contributed by atoms with van der Waals surface area (Å²) >= 11 is 2.36. The van der Waals surface area contributed by atoms with Crippen molar-refractivity contribution < 1.29 is 0 Å². The smallest absolute Gasteiger partial charge is 0.143 e. The third-order valence-electron chi connectivity index (χ3n) is 3.12. The van der Waals surface area contributed by atoms with Crippen LogP contribution in [0.4, 0.5) is 5.82 Å². The van der Waals surface area contributed by atoms with Gasteiger partial charge in [0, 0.05) is 12.5 Å². The number of hydrogen-bond donors (Lipinski definition) is 1. The molecule has 0 atom stereocenters. The fourth-order valence-electron chi connectivity index (χ4n) is 2.04. The molecule has 0 saturated heterocycles. The monoisotopic (exact) mass is 361 g/mol. The lowest BCUT2D eigenvalue weighted by Gasteiger charge is -2.16. The number of nitrogens with one attached hydrogen (secondary N) is 1. The molecule has 1 N–H and O–H groups in total. The molecule has 0 aliphatic heterocycles. The van der Waals surface area contributed by atoms with Crippen LogP contribution in [0.25, 0.3) is 0 Å². The molecule has 102 valence electrons. The molecule has 1 heterocycles. The molecule has 0 radical (unpaired) electrons. The van der Waals surface area contributed by atoms with Crippen LogP contribution >= 0.6 is 22.6 Å². The number of aryl methyl sites for hydroxylation is 1. The van der Waals surface area contributed by atoms with Crippen molar-refractivity contribution in [2.45, 2.75) is 59.3 Å². The van der Waals surface area contributed by atoms with Gasteiger partial charge in [-0.1, -0.05) is 27.2 Å². The second-order valence-electron chi connectivity index (χ2n) is 4.48. The van der Waals surface area contributed by atoms with Crippen LogP contribution in [0.1, 0.15) is 64.4 Å². The Balaban J connectivity index is 3.18. The second-order valence-corrected chi connectivity index (χ2v) is 5.56. The van der Waals surface area contributed by atoms with E-state index in [1.165, 1.54) is 9.26 Å². The fourth-order valence-corrected chi connectivity index (χ4v) is 2.74. The van der Waals surface area contributed by atoms with Crippen molar-refractivity contribution in [1.29, 1.82) is 0 Å². The Morgan fingerprint density at radius 2 is 1.78 bits per heavy atom. The summed E-state index contributed by atoms with van der Waals surface area (Å²) in [5.41, 5.74) is 1.20. The molecule has 1 rings (SSSR count). The van der Waals surface area contributed by atoms with Crippen molar-refractivity contribution in [1.82, 2.24) is 9.97 Å². The number of anilines is 1. The Morgan fingerprint density at radius 3 is 2.28 bits per heavy atom. The number of rotatable bonds is 7. The van der Waals surface area contributed by atoms with E-state index < -0.39 is 0 Å². The summed E-state index contributed by atoms with van der Waals surface area (Å²) in [6.07, 6.45) is 4.37. The normalized spacial score (nSPS) is 11.0. The van der Waals surface area contributed by atoms with Gasteiger partial charge in [-0.25, -0.2) is 9.97 Å². The highest BCUT2D eigenvalue weighted by atomic mass is 127. The van der Waals surface area contributed by atoms with Crippen LogP contribution in [0.15, 0.2) is 0 Å². The van der Waals surface area contributed by atoms with Gasteiger partial charge in [-0.15, -0.1) is 0 Å². The topological polar surface area (TPSA) is 37.8 Å². The first-order valence-corrected chi connectivity index (χ1v) is 8.05. The zero-order chi connectivity index (χ0) is 13.5. The van der Waals surface area contributed by atoms with Crippen LogP contribution in [-0.4, -0.2) is 16.5 Å². The van der Waals surface area contributed by atoms with Crippen LogP contribution in [0.3, 0.4) is 0 Å². The lowest BCUT2D eigenvalue weighted by molar-refractivity contribution is 0.596. The first kappa shape index (κ1) is 15.7. The molecule has 0 fully saturated rings. The highest BCUT2D eigenvalue weighted by molar-refractivity contribution is 14.1. The van der Waals surface area contributed by atoms with Crippen LogP contribution in [0, 0.1) is 3.57 Å². The van der Waals surface area contributed by atoms with Gasteiger partial charge in [0.15, 0.2) is 0 Å². The molecular formula is C14H24IN3. The Labute approximate surface area is 124 Å². The molecule has 0 spiro atoms. The van der Waals surface area contributed by atoms with Crippen molar-refractivity contribution in [3.05, 3.63) is 15.1 Å². The summed E-state index contributed by atoms with van der Waals surface area (Å²) in [5, 5.41) is 3.36. The minimum absolute atomic E-state index is 0.481. The van der Waals surface area contributed by atoms with E-state index in [1.54, 1.807) is 0 Å². The molecule has 0 aliphatic carbocycles. The quantitative estimate of drug-likeness (QED) is 0.733. The Hall–Kier alpha value is -0.390. The Kier molecular flexibility index (Phi) is 6.89. The fraction of sp³-hybridized carbons (Fsp3) is 0.714. The summed E-state index contributed by atoms with van der Waals surface area (Å²) in [6.45, 7) is 9.63. The number of aromatic nitrogens is 2. The van der Waals surface area contributed by atoms with Crippen molar-refractivity contribution in [2.75, 3.05) is 11.9 Å². The SMILES string of the molecule is CCCc1nc(C(CC)CC)nc(NCC)c1I. The number of hydrogen-bond acceptors (Lipinski definition) is 3. The van der Waals surface area contributed by atoms with Gasteiger partial charge in [-0.3, -0.25) is 0 Å². The maximum Gasteiger partial charge on any atom is 0.143 e. The third-order valence-corrected chi connectivity index (χ3v) is 4.25. The molecule has 1 aromatic heterocycles. The van der Waals surface area contributed by atoms with Crippen molar-refractivity contribution in [3.8, 4) is 0 Å². The Bertz CT molecular complexity index is 348. The van der Waals surface area contributed by atoms with E-state index in [0.717, 1.165) is 43.9 Å². The van der Waals surface area contributed by atoms with Crippen molar-refractivity contribution in [2.24, 2.45) is 0 Å².